The second-order valence-corrected chi connectivity index (χ2v) is 2.43. The summed E-state index contributed by atoms with van der Waals surface area (Å²) in [6.07, 6.45) is 0.569. The third-order valence-corrected chi connectivity index (χ3v) is 1.50. The minimum Gasteiger partial charge on any atom is -0.250 e. The van der Waals surface area contributed by atoms with Gasteiger partial charge >= 0.3 is 0 Å². The largest absolute Gasteiger partial charge is 0.250 e. The van der Waals surface area contributed by atoms with E-state index in [0.717, 1.165) is 0 Å². The van der Waals surface area contributed by atoms with Crippen LogP contribution in [0.1, 0.15) is 20.3 Å². The van der Waals surface area contributed by atoms with E-state index in [4.69, 9.17) is 0 Å². The molecule has 2 heteroatoms. The fourth-order valence-electron chi connectivity index (χ4n) is 0.225. The van der Waals surface area contributed by atoms with E-state index in [9.17, 15) is 8.78 Å². The van der Waals surface area contributed by atoms with E-state index in [2.05, 4.69) is 0 Å². The number of alkyl halides is 2. The lowest BCUT2D eigenvalue weighted by Gasteiger charge is -2.18. The molecule has 0 aliphatic heterocycles. The van der Waals surface area contributed by atoms with Gasteiger partial charge < -0.3 is 0 Å². The maximum absolute atomic E-state index is 11.8. The molecule has 0 unspecified atom stereocenters. The number of rotatable bonds is 3. The van der Waals surface area contributed by atoms with Crippen LogP contribution in [0.15, 0.2) is 0 Å². The van der Waals surface area contributed by atoms with Gasteiger partial charge in [0, 0.05) is 5.41 Å². The van der Waals surface area contributed by atoms with E-state index in [1.54, 1.807) is 13.8 Å². The lowest BCUT2D eigenvalue weighted by molar-refractivity contribution is 0.168. The molecule has 0 fully saturated rings. The van der Waals surface area contributed by atoms with Gasteiger partial charge in [0.25, 0.3) is 0 Å². The number of hydrogen-bond donors (Lipinski definition) is 0. The Balaban J connectivity index is 3.58. The van der Waals surface area contributed by atoms with Crippen LogP contribution in [-0.2, 0) is 0 Å². The summed E-state index contributed by atoms with van der Waals surface area (Å²) in [4.78, 5) is 0. The molecule has 0 spiro atoms. The van der Waals surface area contributed by atoms with Crippen molar-refractivity contribution in [2.45, 2.75) is 20.3 Å². The molecule has 0 heterocycles. The van der Waals surface area contributed by atoms with Crippen molar-refractivity contribution in [2.24, 2.45) is 5.41 Å². The monoisotopic (exact) mass is 122 g/mol. The van der Waals surface area contributed by atoms with Gasteiger partial charge in [-0.25, -0.2) is 0 Å². The Kier molecular flexibility index (Phi) is 2.95. The van der Waals surface area contributed by atoms with Crippen LogP contribution in [0, 0.1) is 5.41 Å². The highest BCUT2D eigenvalue weighted by Crippen LogP contribution is 2.21. The van der Waals surface area contributed by atoms with Gasteiger partial charge in [-0.1, -0.05) is 13.8 Å². The Bertz CT molecular complexity index is 49.3. The smallest absolute Gasteiger partial charge is 0.0972 e. The molecule has 0 aromatic carbocycles. The Hall–Kier alpha value is -0.140. The maximum Gasteiger partial charge on any atom is 0.0972 e. The standard InChI is InChI=1S/C6H12F2/c1-3-6(2,4-7)5-8/h3-5H2,1-2H3. The summed E-state index contributed by atoms with van der Waals surface area (Å²) in [6.45, 7) is 2.28. The minimum atomic E-state index is -0.708. The third kappa shape index (κ3) is 1.76. The topological polar surface area (TPSA) is 0 Å². The summed E-state index contributed by atoms with van der Waals surface area (Å²) >= 11 is 0. The Morgan fingerprint density at radius 3 is 1.62 bits per heavy atom. The Labute approximate surface area is 48.9 Å². The van der Waals surface area contributed by atoms with Crippen LogP contribution in [0.3, 0.4) is 0 Å². The summed E-state index contributed by atoms with van der Waals surface area (Å²) in [5.74, 6) is 0. The maximum atomic E-state index is 11.8. The average Bonchev–Trinajstić information content (AvgIpc) is 1.87. The Morgan fingerprint density at radius 1 is 1.25 bits per heavy atom. The van der Waals surface area contributed by atoms with E-state index >= 15 is 0 Å². The Morgan fingerprint density at radius 2 is 1.62 bits per heavy atom. The molecule has 0 saturated heterocycles. The number of hydrogen-bond acceptors (Lipinski definition) is 0. The summed E-state index contributed by atoms with van der Waals surface area (Å²) in [6, 6.07) is 0. The average molecular weight is 122 g/mol. The first kappa shape index (κ1) is 7.86. The zero-order chi connectivity index (χ0) is 6.62. The predicted octanol–water partition coefficient (Wildman–Crippen LogP) is 2.34. The van der Waals surface area contributed by atoms with E-state index in [0.29, 0.717) is 6.42 Å². The van der Waals surface area contributed by atoms with Crippen molar-refractivity contribution in [3.05, 3.63) is 0 Å². The van der Waals surface area contributed by atoms with Crippen LogP contribution in [0.25, 0.3) is 0 Å². The lowest BCUT2D eigenvalue weighted by atomic mass is 9.91. The fraction of sp³-hybridized carbons (Fsp3) is 1.00. The van der Waals surface area contributed by atoms with Crippen molar-refractivity contribution < 1.29 is 8.78 Å². The van der Waals surface area contributed by atoms with Gasteiger partial charge in [0.05, 0.1) is 13.3 Å². The molecule has 0 saturated carbocycles. The molecule has 0 amide bonds. The minimum absolute atomic E-state index is 0.556. The third-order valence-electron chi connectivity index (χ3n) is 1.50. The summed E-state index contributed by atoms with van der Waals surface area (Å²) in [5.41, 5.74) is -0.708. The quantitative estimate of drug-likeness (QED) is 0.539. The molecule has 50 valence electrons. The van der Waals surface area contributed by atoms with Gasteiger partial charge in [0.15, 0.2) is 0 Å². The summed E-state index contributed by atoms with van der Waals surface area (Å²) in [5, 5.41) is 0. The highest BCUT2D eigenvalue weighted by Gasteiger charge is 2.20. The van der Waals surface area contributed by atoms with Gasteiger partial charge in [0.2, 0.25) is 0 Å². The van der Waals surface area contributed by atoms with E-state index < -0.39 is 18.8 Å². The van der Waals surface area contributed by atoms with Crippen LogP contribution in [0.5, 0.6) is 0 Å². The van der Waals surface area contributed by atoms with Crippen LogP contribution in [0.2, 0.25) is 0 Å². The van der Waals surface area contributed by atoms with Crippen LogP contribution < -0.4 is 0 Å². The SMILES string of the molecule is CCC(C)(CF)CF. The first-order valence-corrected chi connectivity index (χ1v) is 2.80. The molecule has 0 aliphatic carbocycles. The van der Waals surface area contributed by atoms with Crippen molar-refractivity contribution in [2.75, 3.05) is 13.3 Å². The molecule has 0 nitrogen and oxygen atoms in total. The fourth-order valence-corrected chi connectivity index (χ4v) is 0.225. The summed E-state index contributed by atoms with van der Waals surface area (Å²) in [7, 11) is 0. The number of halogens is 2. The second kappa shape index (κ2) is 3.00. The molecule has 0 aromatic heterocycles. The van der Waals surface area contributed by atoms with Crippen molar-refractivity contribution in [1.82, 2.24) is 0 Å². The predicted molar refractivity (Wildman–Crippen MR) is 30.3 cm³/mol. The summed E-state index contributed by atoms with van der Waals surface area (Å²) < 4.78 is 23.6. The van der Waals surface area contributed by atoms with Gasteiger partial charge in [-0.3, -0.25) is 8.78 Å². The lowest BCUT2D eigenvalue weighted by Crippen LogP contribution is -2.19. The van der Waals surface area contributed by atoms with Crippen molar-refractivity contribution in [3.8, 4) is 0 Å². The molecule has 8 heavy (non-hydrogen) atoms. The molecule has 0 aromatic rings. The second-order valence-electron chi connectivity index (χ2n) is 2.43. The molecule has 0 atom stereocenters. The highest BCUT2D eigenvalue weighted by molar-refractivity contribution is 4.69. The van der Waals surface area contributed by atoms with Crippen LogP contribution in [0.4, 0.5) is 8.78 Å². The van der Waals surface area contributed by atoms with E-state index in [-0.39, 0.29) is 0 Å². The van der Waals surface area contributed by atoms with Gasteiger partial charge in [-0.2, -0.15) is 0 Å². The van der Waals surface area contributed by atoms with Crippen LogP contribution >= 0.6 is 0 Å². The van der Waals surface area contributed by atoms with Gasteiger partial charge in [0.1, 0.15) is 0 Å². The van der Waals surface area contributed by atoms with Gasteiger partial charge in [-0.15, -0.1) is 0 Å². The molecule has 0 bridgehead atoms. The zero-order valence-corrected chi connectivity index (χ0v) is 5.38. The zero-order valence-electron chi connectivity index (χ0n) is 5.38. The van der Waals surface area contributed by atoms with Crippen molar-refractivity contribution in [1.29, 1.82) is 0 Å². The highest BCUT2D eigenvalue weighted by atomic mass is 19.1. The van der Waals surface area contributed by atoms with Crippen molar-refractivity contribution >= 4 is 0 Å². The molecule has 0 N–H and O–H groups in total. The molecular weight excluding hydrogens is 110 g/mol. The van der Waals surface area contributed by atoms with Crippen molar-refractivity contribution in [3.63, 3.8) is 0 Å². The molecule has 0 aliphatic rings. The van der Waals surface area contributed by atoms with E-state index in [1.165, 1.54) is 0 Å². The van der Waals surface area contributed by atoms with Crippen LogP contribution in [-0.4, -0.2) is 13.3 Å². The van der Waals surface area contributed by atoms with E-state index in [1.807, 2.05) is 0 Å². The first-order chi connectivity index (χ1) is 3.68. The first-order valence-electron chi connectivity index (χ1n) is 2.80. The normalized spacial score (nSPS) is 12.0. The van der Waals surface area contributed by atoms with Gasteiger partial charge in [-0.05, 0) is 6.42 Å². The molecule has 0 radical (unpaired) electrons. The molecular formula is C6H12F2. The molecule has 0 rings (SSSR count).